The number of aromatic hydroxyl groups is 1. The van der Waals surface area contributed by atoms with Crippen molar-refractivity contribution < 1.29 is 14.3 Å². The van der Waals surface area contributed by atoms with Crippen LogP contribution in [0.2, 0.25) is 0 Å². The van der Waals surface area contributed by atoms with Crippen LogP contribution in [0.25, 0.3) is 0 Å². The molecular weight excluding hydrogens is 245 g/mol. The topological polar surface area (TPSA) is 40.5 Å². The Balaban J connectivity index is 2.06. The van der Waals surface area contributed by atoms with Gasteiger partial charge in [0.1, 0.15) is 11.6 Å². The third kappa shape index (κ3) is 3.53. The van der Waals surface area contributed by atoms with Gasteiger partial charge in [0.25, 0.3) is 0 Å². The van der Waals surface area contributed by atoms with Gasteiger partial charge in [-0.2, -0.15) is 0 Å². The van der Waals surface area contributed by atoms with Crippen molar-refractivity contribution in [3.63, 3.8) is 0 Å². The van der Waals surface area contributed by atoms with E-state index in [1.165, 1.54) is 12.5 Å². The summed E-state index contributed by atoms with van der Waals surface area (Å²) in [6.45, 7) is 6.35. The first-order valence-corrected chi connectivity index (χ1v) is 6.69. The first kappa shape index (κ1) is 14.0. The van der Waals surface area contributed by atoms with Gasteiger partial charge in [-0.05, 0) is 36.5 Å². The number of likely N-dealkylation sites (tertiary alicyclic amines) is 1. The summed E-state index contributed by atoms with van der Waals surface area (Å²) in [5.74, 6) is 0.264. The Labute approximate surface area is 113 Å². The van der Waals surface area contributed by atoms with E-state index in [-0.39, 0.29) is 23.6 Å². The van der Waals surface area contributed by atoms with Gasteiger partial charge in [0.2, 0.25) is 0 Å². The van der Waals surface area contributed by atoms with E-state index in [9.17, 15) is 14.3 Å². The summed E-state index contributed by atoms with van der Waals surface area (Å²) < 4.78 is 13.1. The number of Topliss-reactive ketones (excluding diaryl/α,β-unsaturated/α-hetero) is 1. The van der Waals surface area contributed by atoms with Gasteiger partial charge in [-0.25, -0.2) is 4.39 Å². The molecule has 1 aliphatic heterocycles. The number of rotatable bonds is 3. The third-order valence-corrected chi connectivity index (χ3v) is 3.57. The van der Waals surface area contributed by atoms with E-state index in [0.717, 1.165) is 25.2 Å². The molecular formula is C15H20FNO2. The summed E-state index contributed by atoms with van der Waals surface area (Å²) in [5, 5.41) is 9.63. The van der Waals surface area contributed by atoms with Crippen molar-refractivity contribution in [1.82, 2.24) is 4.90 Å². The number of carbonyl (C=O) groups excluding carboxylic acids is 1. The van der Waals surface area contributed by atoms with Crippen molar-refractivity contribution in [1.29, 1.82) is 0 Å². The molecule has 3 nitrogen and oxygen atoms in total. The van der Waals surface area contributed by atoms with Gasteiger partial charge >= 0.3 is 0 Å². The minimum atomic E-state index is -0.499. The molecule has 0 aromatic heterocycles. The maximum atomic E-state index is 13.1. The number of hydrogen-bond acceptors (Lipinski definition) is 3. The highest BCUT2D eigenvalue weighted by Crippen LogP contribution is 2.23. The Kier molecular flexibility index (Phi) is 4.20. The highest BCUT2D eigenvalue weighted by molar-refractivity contribution is 6.00. The zero-order chi connectivity index (χ0) is 14.0. The van der Waals surface area contributed by atoms with E-state index in [1.54, 1.807) is 0 Å². The number of piperidine rings is 1. The molecule has 19 heavy (non-hydrogen) atoms. The number of phenolic OH excluding ortho intramolecular Hbond substituents is 1. The fourth-order valence-corrected chi connectivity index (χ4v) is 2.94. The van der Waals surface area contributed by atoms with Crippen molar-refractivity contribution in [3.8, 4) is 5.75 Å². The minimum absolute atomic E-state index is 0.0749. The lowest BCUT2D eigenvalue weighted by Crippen LogP contribution is -2.41. The molecule has 1 heterocycles. The highest BCUT2D eigenvalue weighted by Gasteiger charge is 2.24. The number of ketones is 1. The molecule has 1 aliphatic rings. The molecule has 2 rings (SSSR count). The Morgan fingerprint density at radius 2 is 2.00 bits per heavy atom. The third-order valence-electron chi connectivity index (χ3n) is 3.57. The van der Waals surface area contributed by atoms with Crippen LogP contribution in [0.3, 0.4) is 0 Å². The number of benzene rings is 1. The van der Waals surface area contributed by atoms with E-state index < -0.39 is 5.82 Å². The molecule has 2 atom stereocenters. The van der Waals surface area contributed by atoms with Crippen LogP contribution in [0.1, 0.15) is 30.6 Å². The van der Waals surface area contributed by atoms with Crippen LogP contribution in [0.4, 0.5) is 4.39 Å². The molecule has 1 aromatic rings. The molecule has 1 fully saturated rings. The lowest BCUT2D eigenvalue weighted by Gasteiger charge is -2.34. The summed E-state index contributed by atoms with van der Waals surface area (Å²) >= 11 is 0. The predicted octanol–water partition coefficient (Wildman–Crippen LogP) is 2.69. The van der Waals surface area contributed by atoms with Crippen LogP contribution in [0, 0.1) is 17.7 Å². The van der Waals surface area contributed by atoms with Crippen LogP contribution in [-0.2, 0) is 0 Å². The molecule has 1 aromatic carbocycles. The van der Waals surface area contributed by atoms with Crippen LogP contribution in [-0.4, -0.2) is 35.4 Å². The summed E-state index contributed by atoms with van der Waals surface area (Å²) in [6, 6.07) is 3.48. The maximum absolute atomic E-state index is 13.1. The lowest BCUT2D eigenvalue weighted by molar-refractivity contribution is 0.0846. The van der Waals surface area contributed by atoms with Gasteiger partial charge in [-0.1, -0.05) is 13.8 Å². The monoisotopic (exact) mass is 265 g/mol. The summed E-state index contributed by atoms with van der Waals surface area (Å²) in [4.78, 5) is 14.2. The molecule has 1 N–H and O–H groups in total. The molecule has 0 saturated carbocycles. The molecule has 0 spiro atoms. The second-order valence-electron chi connectivity index (χ2n) is 5.72. The summed E-state index contributed by atoms with van der Waals surface area (Å²) in [5.41, 5.74) is 0.0749. The van der Waals surface area contributed by atoms with Crippen LogP contribution in [0.5, 0.6) is 5.75 Å². The van der Waals surface area contributed by atoms with E-state index >= 15 is 0 Å². The predicted molar refractivity (Wildman–Crippen MR) is 71.8 cm³/mol. The Morgan fingerprint density at radius 1 is 1.37 bits per heavy atom. The number of carbonyl (C=O) groups is 1. The normalized spacial score (nSPS) is 24.4. The maximum Gasteiger partial charge on any atom is 0.180 e. The smallest absolute Gasteiger partial charge is 0.180 e. The van der Waals surface area contributed by atoms with E-state index in [4.69, 9.17) is 0 Å². The van der Waals surface area contributed by atoms with Gasteiger partial charge in [0, 0.05) is 13.1 Å². The Hall–Kier alpha value is -1.42. The fourth-order valence-electron chi connectivity index (χ4n) is 2.94. The molecule has 1 saturated heterocycles. The van der Waals surface area contributed by atoms with E-state index in [0.29, 0.717) is 11.8 Å². The number of nitrogens with zero attached hydrogens (tertiary/aromatic N) is 1. The van der Waals surface area contributed by atoms with Gasteiger partial charge in [0.05, 0.1) is 12.1 Å². The second kappa shape index (κ2) is 5.70. The minimum Gasteiger partial charge on any atom is -0.507 e. The van der Waals surface area contributed by atoms with Crippen molar-refractivity contribution in [2.45, 2.75) is 20.3 Å². The van der Waals surface area contributed by atoms with Crippen molar-refractivity contribution >= 4 is 5.78 Å². The SMILES string of the molecule is CC1CC(C)CN(CC(=O)c2cc(F)ccc2O)C1. The lowest BCUT2D eigenvalue weighted by atomic mass is 9.91. The van der Waals surface area contributed by atoms with E-state index in [1.807, 2.05) is 0 Å². The molecule has 0 amide bonds. The van der Waals surface area contributed by atoms with Gasteiger partial charge in [0.15, 0.2) is 5.78 Å². The molecule has 2 unspecified atom stereocenters. The number of hydrogen-bond donors (Lipinski definition) is 1. The highest BCUT2D eigenvalue weighted by atomic mass is 19.1. The van der Waals surface area contributed by atoms with Crippen molar-refractivity contribution in [3.05, 3.63) is 29.6 Å². The van der Waals surface area contributed by atoms with Crippen LogP contribution in [0.15, 0.2) is 18.2 Å². The molecule has 0 radical (unpaired) electrons. The molecule has 0 bridgehead atoms. The Bertz CT molecular complexity index is 465. The van der Waals surface area contributed by atoms with Crippen LogP contribution >= 0.6 is 0 Å². The summed E-state index contributed by atoms with van der Waals surface area (Å²) in [6.07, 6.45) is 1.18. The quantitative estimate of drug-likeness (QED) is 0.854. The van der Waals surface area contributed by atoms with E-state index in [2.05, 4.69) is 18.7 Å². The van der Waals surface area contributed by atoms with Gasteiger partial charge < -0.3 is 5.11 Å². The first-order chi connectivity index (χ1) is 8.95. The zero-order valence-corrected chi connectivity index (χ0v) is 11.4. The summed E-state index contributed by atoms with van der Waals surface area (Å²) in [7, 11) is 0. The van der Waals surface area contributed by atoms with Gasteiger partial charge in [-0.3, -0.25) is 9.69 Å². The largest absolute Gasteiger partial charge is 0.507 e. The first-order valence-electron chi connectivity index (χ1n) is 6.69. The molecule has 4 heteroatoms. The Morgan fingerprint density at radius 3 is 2.63 bits per heavy atom. The standard InChI is InChI=1S/C15H20FNO2/c1-10-5-11(2)8-17(7-10)9-15(19)13-6-12(16)3-4-14(13)18/h3-4,6,10-11,18H,5,7-9H2,1-2H3. The second-order valence-corrected chi connectivity index (χ2v) is 5.72. The van der Waals surface area contributed by atoms with Crippen molar-refractivity contribution in [2.24, 2.45) is 11.8 Å². The van der Waals surface area contributed by atoms with Crippen molar-refractivity contribution in [2.75, 3.05) is 19.6 Å². The number of halogens is 1. The van der Waals surface area contributed by atoms with Crippen LogP contribution < -0.4 is 0 Å². The average molecular weight is 265 g/mol. The zero-order valence-electron chi connectivity index (χ0n) is 11.4. The molecule has 104 valence electrons. The van der Waals surface area contributed by atoms with Gasteiger partial charge in [-0.15, -0.1) is 0 Å². The molecule has 0 aliphatic carbocycles. The average Bonchev–Trinajstić information content (AvgIpc) is 2.30. The number of phenols is 1. The fraction of sp³-hybridized carbons (Fsp3) is 0.533.